The van der Waals surface area contributed by atoms with Crippen LogP contribution in [0.15, 0.2) is 65.6 Å². The fourth-order valence-electron chi connectivity index (χ4n) is 6.23. The van der Waals surface area contributed by atoms with E-state index in [1.54, 1.807) is 38.1 Å². The Kier molecular flexibility index (Phi) is 15.7. The van der Waals surface area contributed by atoms with Crippen LogP contribution in [0.5, 0.6) is 0 Å². The van der Waals surface area contributed by atoms with Gasteiger partial charge in [-0.2, -0.15) is 26.3 Å². The Morgan fingerprint density at radius 2 is 1.61 bits per heavy atom. The van der Waals surface area contributed by atoms with E-state index in [0.29, 0.717) is 24.7 Å². The molecular formula is C40H44F9N3O4. The molecule has 3 rings (SSSR count). The summed E-state index contributed by atoms with van der Waals surface area (Å²) in [5.74, 6) is -6.50. The molecule has 0 radical (unpaired) electrons. The molecule has 1 amide bonds. The van der Waals surface area contributed by atoms with Crippen LogP contribution >= 0.6 is 0 Å². The van der Waals surface area contributed by atoms with Gasteiger partial charge in [0.15, 0.2) is 0 Å². The first-order chi connectivity index (χ1) is 26.1. The average Bonchev–Trinajstić information content (AvgIpc) is 3.06. The summed E-state index contributed by atoms with van der Waals surface area (Å²) in [4.78, 5) is 42.0. The first-order valence-electron chi connectivity index (χ1n) is 17.7. The Morgan fingerprint density at radius 3 is 2.18 bits per heavy atom. The fourth-order valence-corrected chi connectivity index (χ4v) is 6.23. The van der Waals surface area contributed by atoms with E-state index in [2.05, 4.69) is 11.9 Å². The van der Waals surface area contributed by atoms with E-state index < -0.39 is 93.6 Å². The van der Waals surface area contributed by atoms with Crippen LogP contribution in [-0.4, -0.2) is 48.6 Å². The number of carbonyl (C=O) groups excluding carboxylic acids is 2. The van der Waals surface area contributed by atoms with Gasteiger partial charge in [-0.1, -0.05) is 17.7 Å². The van der Waals surface area contributed by atoms with Crippen LogP contribution in [0.1, 0.15) is 86.4 Å². The van der Waals surface area contributed by atoms with Crippen LogP contribution in [-0.2, 0) is 39.5 Å². The number of allylic oxidation sites excluding steroid dienone is 3. The van der Waals surface area contributed by atoms with Crippen molar-refractivity contribution < 1.29 is 53.8 Å². The molecule has 0 bridgehead atoms. The summed E-state index contributed by atoms with van der Waals surface area (Å²) in [6.07, 6.45) is -7.19. The number of nitrogens with one attached hydrogen (secondary N) is 1. The lowest BCUT2D eigenvalue weighted by atomic mass is 9.90. The van der Waals surface area contributed by atoms with Crippen molar-refractivity contribution in [3.63, 3.8) is 0 Å². The Morgan fingerprint density at radius 1 is 0.946 bits per heavy atom. The summed E-state index contributed by atoms with van der Waals surface area (Å²) >= 11 is 0. The van der Waals surface area contributed by atoms with Gasteiger partial charge < -0.3 is 19.5 Å². The predicted molar refractivity (Wildman–Crippen MR) is 193 cm³/mol. The first kappa shape index (κ1) is 45.5. The second-order valence-corrected chi connectivity index (χ2v) is 13.6. The quantitative estimate of drug-likeness (QED) is 0.0837. The molecule has 0 aliphatic rings. The van der Waals surface area contributed by atoms with Gasteiger partial charge in [0.2, 0.25) is 5.91 Å². The number of benzene rings is 2. The second kappa shape index (κ2) is 19.3. The molecule has 0 unspecified atom stereocenters. The Balaban J connectivity index is 2.30. The van der Waals surface area contributed by atoms with E-state index in [1.165, 1.54) is 13.8 Å². The normalized spacial score (nSPS) is 13.3. The zero-order valence-electron chi connectivity index (χ0n) is 31.6. The molecule has 1 aromatic heterocycles. The van der Waals surface area contributed by atoms with Crippen LogP contribution in [0.4, 0.5) is 39.5 Å². The molecule has 3 aromatic rings. The largest absolute Gasteiger partial charge is 0.466 e. The van der Waals surface area contributed by atoms with Crippen molar-refractivity contribution in [3.05, 3.63) is 116 Å². The molecule has 0 aliphatic carbocycles. The lowest BCUT2D eigenvalue weighted by Gasteiger charge is -2.27. The Bertz CT molecular complexity index is 1990. The van der Waals surface area contributed by atoms with Gasteiger partial charge in [-0.25, -0.2) is 13.2 Å². The van der Waals surface area contributed by atoms with Crippen molar-refractivity contribution in [1.82, 2.24) is 14.8 Å². The third kappa shape index (κ3) is 12.1. The molecule has 2 aromatic carbocycles. The lowest BCUT2D eigenvalue weighted by molar-refractivity contribution is -0.144. The average molecular weight is 802 g/mol. The number of hydrogen-bond donors (Lipinski definition) is 1. The van der Waals surface area contributed by atoms with Crippen molar-refractivity contribution >= 4 is 11.9 Å². The minimum Gasteiger partial charge on any atom is -0.466 e. The van der Waals surface area contributed by atoms with Gasteiger partial charge in [-0.05, 0) is 108 Å². The van der Waals surface area contributed by atoms with Gasteiger partial charge in [0, 0.05) is 29.5 Å². The SMILES string of the molecule is C=C(C)C[C@@H](C(=O)N[C@@H](CC(=O)OCC)c1cc(-c2c(F)cc(F)cc2CCC=CC)cc(C(F)(F)F)c1F)n1cc(CCCN(C)C)c(C(F)(F)F)cc1=O. The zero-order valence-corrected chi connectivity index (χ0v) is 31.6. The van der Waals surface area contributed by atoms with Gasteiger partial charge >= 0.3 is 18.3 Å². The van der Waals surface area contributed by atoms with Crippen LogP contribution < -0.4 is 10.9 Å². The molecule has 7 nitrogen and oxygen atoms in total. The summed E-state index contributed by atoms with van der Waals surface area (Å²) in [7, 11) is 3.42. The molecule has 56 heavy (non-hydrogen) atoms. The number of ether oxygens (including phenoxy) is 1. The molecule has 0 spiro atoms. The van der Waals surface area contributed by atoms with E-state index in [9.17, 15) is 45.1 Å². The fraction of sp³-hybridized carbons (Fsp3) is 0.425. The minimum absolute atomic E-state index is 0.0347. The van der Waals surface area contributed by atoms with E-state index in [0.717, 1.165) is 22.9 Å². The van der Waals surface area contributed by atoms with Crippen LogP contribution in [0, 0.1) is 17.5 Å². The minimum atomic E-state index is -5.39. The number of aromatic nitrogens is 1. The van der Waals surface area contributed by atoms with Gasteiger partial charge in [0.25, 0.3) is 5.56 Å². The van der Waals surface area contributed by atoms with Crippen molar-refractivity contribution in [3.8, 4) is 11.1 Å². The highest BCUT2D eigenvalue weighted by atomic mass is 19.4. The van der Waals surface area contributed by atoms with E-state index in [1.807, 2.05) is 0 Å². The molecule has 1 heterocycles. The number of alkyl halides is 6. The highest BCUT2D eigenvalue weighted by molar-refractivity contribution is 5.82. The lowest BCUT2D eigenvalue weighted by Crippen LogP contribution is -2.40. The summed E-state index contributed by atoms with van der Waals surface area (Å²) < 4.78 is 137. The van der Waals surface area contributed by atoms with Crippen LogP contribution in [0.2, 0.25) is 0 Å². The van der Waals surface area contributed by atoms with E-state index in [-0.39, 0.29) is 55.4 Å². The number of rotatable bonds is 17. The second-order valence-electron chi connectivity index (χ2n) is 13.6. The molecule has 0 saturated carbocycles. The summed E-state index contributed by atoms with van der Waals surface area (Å²) in [6, 6.07) is -0.804. The van der Waals surface area contributed by atoms with E-state index >= 15 is 8.78 Å². The maximum atomic E-state index is 16.1. The number of aryl methyl sites for hydroxylation is 2. The van der Waals surface area contributed by atoms with Crippen molar-refractivity contribution in [2.24, 2.45) is 0 Å². The summed E-state index contributed by atoms with van der Waals surface area (Å²) in [6.45, 7) is 8.44. The molecule has 306 valence electrons. The van der Waals surface area contributed by atoms with Gasteiger partial charge in [0.1, 0.15) is 23.5 Å². The van der Waals surface area contributed by atoms with Crippen LogP contribution in [0.3, 0.4) is 0 Å². The molecule has 0 fully saturated rings. The van der Waals surface area contributed by atoms with Crippen LogP contribution in [0.25, 0.3) is 11.1 Å². The summed E-state index contributed by atoms with van der Waals surface area (Å²) in [5.41, 5.74) is -6.44. The highest BCUT2D eigenvalue weighted by Crippen LogP contribution is 2.40. The van der Waals surface area contributed by atoms with Crippen molar-refractivity contribution in [2.75, 3.05) is 27.2 Å². The molecular weight excluding hydrogens is 757 g/mol. The topological polar surface area (TPSA) is 80.6 Å². The Labute approximate surface area is 318 Å². The van der Waals surface area contributed by atoms with Gasteiger partial charge in [-0.3, -0.25) is 14.4 Å². The number of esters is 1. The number of pyridine rings is 1. The van der Waals surface area contributed by atoms with Crippen molar-refractivity contribution in [1.29, 1.82) is 0 Å². The van der Waals surface area contributed by atoms with Gasteiger partial charge in [-0.15, -0.1) is 6.58 Å². The molecule has 2 atom stereocenters. The smallest absolute Gasteiger partial charge is 0.419 e. The first-order valence-corrected chi connectivity index (χ1v) is 17.7. The number of carbonyl (C=O) groups is 2. The number of nitrogens with zero attached hydrogens (tertiary/aromatic N) is 2. The van der Waals surface area contributed by atoms with E-state index in [4.69, 9.17) is 4.74 Å². The number of amides is 1. The third-order valence-electron chi connectivity index (χ3n) is 8.72. The predicted octanol–water partition coefficient (Wildman–Crippen LogP) is 9.29. The molecule has 0 saturated heterocycles. The third-order valence-corrected chi connectivity index (χ3v) is 8.72. The summed E-state index contributed by atoms with van der Waals surface area (Å²) in [5, 5.41) is 2.31. The number of halogens is 9. The highest BCUT2D eigenvalue weighted by Gasteiger charge is 2.39. The molecule has 16 heteroatoms. The van der Waals surface area contributed by atoms with Crippen molar-refractivity contribution in [2.45, 2.75) is 83.7 Å². The zero-order chi connectivity index (χ0) is 42.1. The monoisotopic (exact) mass is 801 g/mol. The standard InChI is InChI=1S/C40H44F9N3O4/c1-7-9-10-12-24-16-27(41)19-31(42)36(24)26-17-28(37(43)30(18-26)40(47,48)49)32(21-35(54)56-8-2)50-38(55)33(15-23(3)4)52-22-25(13-11-14-51(5)6)29(20-34(52)53)39(44,45)46/h7,9,16-20,22,32-33H,3,8,10-15,21H2,1-2,4-6H3,(H,50,55)/t32-,33-/m0/s1. The maximum Gasteiger partial charge on any atom is 0.419 e. The van der Waals surface area contributed by atoms with Gasteiger partial charge in [0.05, 0.1) is 30.2 Å². The maximum absolute atomic E-state index is 16.1. The molecule has 0 aliphatic heterocycles. The number of hydrogen-bond acceptors (Lipinski definition) is 5. The molecule has 1 N–H and O–H groups in total. The Hall–Kier alpha value is -4.86.